The molecule has 8 heteroatoms. The van der Waals surface area contributed by atoms with E-state index < -0.39 is 11.6 Å². The van der Waals surface area contributed by atoms with E-state index in [0.717, 1.165) is 27.9 Å². The first-order valence-electron chi connectivity index (χ1n) is 6.96. The molecular formula is C16H12BrF2N5. The summed E-state index contributed by atoms with van der Waals surface area (Å²) in [7, 11) is 0. The molecular weight excluding hydrogens is 380 g/mol. The van der Waals surface area contributed by atoms with Crippen LogP contribution in [0, 0.1) is 18.6 Å². The van der Waals surface area contributed by atoms with Crippen LogP contribution in [0.5, 0.6) is 0 Å². The Labute approximate surface area is 145 Å². The van der Waals surface area contributed by atoms with Crippen molar-refractivity contribution in [3.8, 4) is 0 Å². The summed E-state index contributed by atoms with van der Waals surface area (Å²) in [6.07, 6.45) is 1.46. The van der Waals surface area contributed by atoms with Gasteiger partial charge in [-0.25, -0.2) is 8.78 Å². The van der Waals surface area contributed by atoms with Gasteiger partial charge in [-0.2, -0.15) is 10.1 Å². The molecule has 0 bridgehead atoms. The lowest BCUT2D eigenvalue weighted by Crippen LogP contribution is -2.03. The summed E-state index contributed by atoms with van der Waals surface area (Å²) < 4.78 is 27.1. The SMILES string of the molecule is Cc1ccc(Nc2cnnc(Nc3ccc(F)c(F)c3)n2)cc1Br. The van der Waals surface area contributed by atoms with Crippen molar-refractivity contribution in [3.05, 3.63) is 64.3 Å². The molecule has 2 aromatic carbocycles. The molecule has 0 aliphatic rings. The maximum absolute atomic E-state index is 13.2. The topological polar surface area (TPSA) is 62.7 Å². The van der Waals surface area contributed by atoms with E-state index in [0.29, 0.717) is 11.5 Å². The number of hydrogen-bond donors (Lipinski definition) is 2. The molecule has 0 unspecified atom stereocenters. The molecule has 1 heterocycles. The summed E-state index contributed by atoms with van der Waals surface area (Å²) >= 11 is 3.46. The van der Waals surface area contributed by atoms with Gasteiger partial charge in [0.05, 0.1) is 6.20 Å². The van der Waals surface area contributed by atoms with Gasteiger partial charge in [-0.15, -0.1) is 5.10 Å². The normalized spacial score (nSPS) is 10.5. The second-order valence-electron chi connectivity index (χ2n) is 5.01. The number of aromatic nitrogens is 3. The smallest absolute Gasteiger partial charge is 0.249 e. The van der Waals surface area contributed by atoms with Crippen LogP contribution in [0.1, 0.15) is 5.56 Å². The Bertz CT molecular complexity index is 819. The lowest BCUT2D eigenvalue weighted by atomic mass is 10.2. The molecule has 5 nitrogen and oxygen atoms in total. The molecule has 2 N–H and O–H groups in total. The van der Waals surface area contributed by atoms with Gasteiger partial charge in [0.1, 0.15) is 0 Å². The van der Waals surface area contributed by atoms with Crippen molar-refractivity contribution in [1.29, 1.82) is 0 Å². The predicted molar refractivity (Wildman–Crippen MR) is 91.6 cm³/mol. The lowest BCUT2D eigenvalue weighted by Gasteiger charge is -2.09. The van der Waals surface area contributed by atoms with E-state index in [1.165, 1.54) is 12.3 Å². The lowest BCUT2D eigenvalue weighted by molar-refractivity contribution is 0.509. The zero-order valence-electron chi connectivity index (χ0n) is 12.5. The summed E-state index contributed by atoms with van der Waals surface area (Å²) in [5, 5.41) is 13.5. The van der Waals surface area contributed by atoms with Gasteiger partial charge in [0.25, 0.3) is 0 Å². The van der Waals surface area contributed by atoms with Gasteiger partial charge in [-0.3, -0.25) is 0 Å². The number of hydrogen-bond acceptors (Lipinski definition) is 5. The maximum atomic E-state index is 13.2. The van der Waals surface area contributed by atoms with Crippen LogP contribution in [0.2, 0.25) is 0 Å². The third-order valence-electron chi connectivity index (χ3n) is 3.18. The van der Waals surface area contributed by atoms with Gasteiger partial charge in [-0.05, 0) is 36.8 Å². The molecule has 0 saturated carbocycles. The number of nitrogens with zero attached hydrogens (tertiary/aromatic N) is 3. The van der Waals surface area contributed by atoms with Gasteiger partial charge in [0, 0.05) is 21.9 Å². The molecule has 0 aliphatic carbocycles. The minimum atomic E-state index is -0.952. The molecule has 0 amide bonds. The zero-order chi connectivity index (χ0) is 17.1. The monoisotopic (exact) mass is 391 g/mol. The molecule has 0 atom stereocenters. The van der Waals surface area contributed by atoms with Crippen LogP contribution in [0.4, 0.5) is 31.9 Å². The van der Waals surface area contributed by atoms with Crippen molar-refractivity contribution in [2.24, 2.45) is 0 Å². The maximum Gasteiger partial charge on any atom is 0.249 e. The summed E-state index contributed by atoms with van der Waals surface area (Å²) in [6, 6.07) is 9.22. The number of anilines is 4. The van der Waals surface area contributed by atoms with Crippen LogP contribution in [0.25, 0.3) is 0 Å². The Kier molecular flexibility index (Phi) is 4.66. The number of rotatable bonds is 4. The molecule has 3 rings (SSSR count). The summed E-state index contributed by atoms with van der Waals surface area (Å²) in [4.78, 5) is 4.24. The van der Waals surface area contributed by atoms with Crippen LogP contribution in [0.15, 0.2) is 47.1 Å². The fourth-order valence-corrected chi connectivity index (χ4v) is 2.32. The Morgan fingerprint density at radius 3 is 2.46 bits per heavy atom. The Hall–Kier alpha value is -2.61. The molecule has 3 aromatic rings. The van der Waals surface area contributed by atoms with Crippen LogP contribution < -0.4 is 10.6 Å². The molecule has 0 spiro atoms. The molecule has 0 saturated heterocycles. The number of nitrogens with one attached hydrogen (secondary N) is 2. The number of halogens is 3. The zero-order valence-corrected chi connectivity index (χ0v) is 14.1. The van der Waals surface area contributed by atoms with Gasteiger partial charge in [-0.1, -0.05) is 22.0 Å². The van der Waals surface area contributed by atoms with Crippen molar-refractivity contribution in [1.82, 2.24) is 15.2 Å². The van der Waals surface area contributed by atoms with Crippen LogP contribution in [-0.4, -0.2) is 15.2 Å². The van der Waals surface area contributed by atoms with Crippen molar-refractivity contribution in [3.63, 3.8) is 0 Å². The van der Waals surface area contributed by atoms with E-state index >= 15 is 0 Å². The number of aryl methyl sites for hydroxylation is 1. The Morgan fingerprint density at radius 1 is 0.958 bits per heavy atom. The van der Waals surface area contributed by atoms with Gasteiger partial charge < -0.3 is 10.6 Å². The standard InChI is InChI=1S/C16H12BrF2N5/c1-9-2-3-10(6-12(9)17)21-15-8-20-24-16(23-15)22-11-4-5-13(18)14(19)7-11/h2-8H,1H3,(H2,21,22,23,24). The second kappa shape index (κ2) is 6.88. The van der Waals surface area contributed by atoms with Crippen LogP contribution in [0.3, 0.4) is 0 Å². The highest BCUT2D eigenvalue weighted by molar-refractivity contribution is 9.10. The van der Waals surface area contributed by atoms with Gasteiger partial charge in [0.2, 0.25) is 5.95 Å². The average molecular weight is 392 g/mol. The highest BCUT2D eigenvalue weighted by Crippen LogP contribution is 2.23. The van der Waals surface area contributed by atoms with Crippen molar-refractivity contribution < 1.29 is 8.78 Å². The van der Waals surface area contributed by atoms with Gasteiger partial charge in [0.15, 0.2) is 17.5 Å². The first-order chi connectivity index (χ1) is 11.5. The molecule has 0 fully saturated rings. The third-order valence-corrected chi connectivity index (χ3v) is 4.03. The number of benzene rings is 2. The van der Waals surface area contributed by atoms with E-state index in [4.69, 9.17) is 0 Å². The highest BCUT2D eigenvalue weighted by atomic mass is 79.9. The molecule has 0 radical (unpaired) electrons. The summed E-state index contributed by atoms with van der Waals surface area (Å²) in [5.74, 6) is -1.24. The molecule has 0 aliphatic heterocycles. The second-order valence-corrected chi connectivity index (χ2v) is 5.86. The first-order valence-corrected chi connectivity index (χ1v) is 7.75. The Balaban J connectivity index is 1.78. The van der Waals surface area contributed by atoms with E-state index in [-0.39, 0.29) is 5.95 Å². The van der Waals surface area contributed by atoms with Crippen LogP contribution in [-0.2, 0) is 0 Å². The van der Waals surface area contributed by atoms with Crippen molar-refractivity contribution in [2.75, 3.05) is 10.6 Å². The molecule has 1 aromatic heterocycles. The van der Waals surface area contributed by atoms with E-state index in [1.807, 2.05) is 25.1 Å². The molecule has 122 valence electrons. The summed E-state index contributed by atoms with van der Waals surface area (Å²) in [6.45, 7) is 1.99. The van der Waals surface area contributed by atoms with Gasteiger partial charge >= 0.3 is 0 Å². The molecule has 24 heavy (non-hydrogen) atoms. The largest absolute Gasteiger partial charge is 0.339 e. The quantitative estimate of drug-likeness (QED) is 0.674. The van der Waals surface area contributed by atoms with Crippen molar-refractivity contribution >= 4 is 39.1 Å². The van der Waals surface area contributed by atoms with Crippen molar-refractivity contribution in [2.45, 2.75) is 6.92 Å². The Morgan fingerprint density at radius 2 is 1.71 bits per heavy atom. The highest BCUT2D eigenvalue weighted by Gasteiger charge is 2.06. The third kappa shape index (κ3) is 3.83. The minimum Gasteiger partial charge on any atom is -0.339 e. The van der Waals surface area contributed by atoms with E-state index in [1.54, 1.807) is 0 Å². The average Bonchev–Trinajstić information content (AvgIpc) is 2.55. The van der Waals surface area contributed by atoms with Crippen LogP contribution >= 0.6 is 15.9 Å². The summed E-state index contributed by atoms with van der Waals surface area (Å²) in [5.41, 5.74) is 2.26. The predicted octanol–water partition coefficient (Wildman–Crippen LogP) is 4.71. The first kappa shape index (κ1) is 16.3. The fraction of sp³-hybridized carbons (Fsp3) is 0.0625. The minimum absolute atomic E-state index is 0.164. The fourth-order valence-electron chi connectivity index (χ4n) is 1.94. The van der Waals surface area contributed by atoms with E-state index in [2.05, 4.69) is 41.7 Å². The van der Waals surface area contributed by atoms with E-state index in [9.17, 15) is 8.78 Å².